The van der Waals surface area contributed by atoms with E-state index >= 15 is 0 Å². The molecule has 1 aromatic carbocycles. The summed E-state index contributed by atoms with van der Waals surface area (Å²) in [6.45, 7) is 2.44. The van der Waals surface area contributed by atoms with Gasteiger partial charge in [-0.25, -0.2) is 9.48 Å². The Bertz CT molecular complexity index is 520. The Balaban J connectivity index is 2.31. The molecule has 0 unspecified atom stereocenters. The van der Waals surface area contributed by atoms with Crippen molar-refractivity contribution in [2.75, 3.05) is 0 Å². The maximum atomic E-state index is 10.9. The normalized spacial score (nSPS) is 10.4. The van der Waals surface area contributed by atoms with E-state index in [1.807, 2.05) is 37.3 Å². The first-order valence-corrected chi connectivity index (χ1v) is 5.42. The van der Waals surface area contributed by atoms with Crippen LogP contribution in [0, 0.1) is 0 Å². The smallest absolute Gasteiger partial charge is 0.358 e. The first-order valence-electron chi connectivity index (χ1n) is 5.42. The van der Waals surface area contributed by atoms with Gasteiger partial charge in [-0.2, -0.15) is 0 Å². The molecule has 0 amide bonds. The van der Waals surface area contributed by atoms with Crippen LogP contribution in [0.5, 0.6) is 0 Å². The van der Waals surface area contributed by atoms with E-state index in [-0.39, 0.29) is 5.69 Å². The third-order valence-electron chi connectivity index (χ3n) is 2.55. The van der Waals surface area contributed by atoms with Gasteiger partial charge in [0.15, 0.2) is 5.69 Å². The Kier molecular flexibility index (Phi) is 3.18. The lowest BCUT2D eigenvalue weighted by molar-refractivity contribution is 0.0689. The van der Waals surface area contributed by atoms with Crippen LogP contribution in [0.1, 0.15) is 28.7 Å². The topological polar surface area (TPSA) is 68.0 Å². The van der Waals surface area contributed by atoms with E-state index in [2.05, 4.69) is 10.3 Å². The number of carboxylic acids is 1. The number of benzene rings is 1. The van der Waals surface area contributed by atoms with Crippen LogP contribution in [0.2, 0.25) is 0 Å². The van der Waals surface area contributed by atoms with Gasteiger partial charge < -0.3 is 5.11 Å². The van der Waals surface area contributed by atoms with Gasteiger partial charge >= 0.3 is 5.97 Å². The van der Waals surface area contributed by atoms with Crippen molar-refractivity contribution in [1.29, 1.82) is 0 Å². The van der Waals surface area contributed by atoms with Gasteiger partial charge in [-0.3, -0.25) is 0 Å². The Morgan fingerprint density at radius 1 is 1.35 bits per heavy atom. The number of aromatic nitrogens is 3. The predicted molar refractivity (Wildman–Crippen MR) is 61.9 cm³/mol. The molecule has 0 aliphatic heterocycles. The summed E-state index contributed by atoms with van der Waals surface area (Å²) < 4.78 is 1.64. The lowest BCUT2D eigenvalue weighted by Crippen LogP contribution is -2.08. The van der Waals surface area contributed by atoms with Crippen molar-refractivity contribution in [1.82, 2.24) is 15.0 Å². The van der Waals surface area contributed by atoms with Crippen molar-refractivity contribution in [2.24, 2.45) is 0 Å². The molecule has 5 nitrogen and oxygen atoms in total. The van der Waals surface area contributed by atoms with Gasteiger partial charge in [0.25, 0.3) is 0 Å². The van der Waals surface area contributed by atoms with E-state index in [0.717, 1.165) is 5.56 Å². The minimum absolute atomic E-state index is 0.0448. The third-order valence-corrected chi connectivity index (χ3v) is 2.55. The molecule has 0 spiro atoms. The van der Waals surface area contributed by atoms with Crippen molar-refractivity contribution in [3.8, 4) is 0 Å². The van der Waals surface area contributed by atoms with Crippen LogP contribution in [0.4, 0.5) is 0 Å². The average Bonchev–Trinajstić information content (AvgIpc) is 2.73. The summed E-state index contributed by atoms with van der Waals surface area (Å²) in [7, 11) is 0. The van der Waals surface area contributed by atoms with Gasteiger partial charge in [-0.1, -0.05) is 42.5 Å². The Hall–Kier alpha value is -2.17. The molecule has 0 radical (unpaired) electrons. The minimum Gasteiger partial charge on any atom is -0.476 e. The Morgan fingerprint density at radius 3 is 2.65 bits per heavy atom. The van der Waals surface area contributed by atoms with Gasteiger partial charge in [0.2, 0.25) is 0 Å². The van der Waals surface area contributed by atoms with Crippen LogP contribution < -0.4 is 0 Å². The molecule has 0 saturated carbocycles. The van der Waals surface area contributed by atoms with Crippen molar-refractivity contribution in [3.63, 3.8) is 0 Å². The van der Waals surface area contributed by atoms with Gasteiger partial charge in [0, 0.05) is 0 Å². The van der Waals surface area contributed by atoms with E-state index in [9.17, 15) is 4.79 Å². The van der Waals surface area contributed by atoms with E-state index in [4.69, 9.17) is 5.11 Å². The van der Waals surface area contributed by atoms with Crippen molar-refractivity contribution < 1.29 is 9.90 Å². The molecule has 0 bridgehead atoms. The van der Waals surface area contributed by atoms with Crippen LogP contribution in [-0.2, 0) is 13.0 Å². The van der Waals surface area contributed by atoms with Crippen LogP contribution in [0.25, 0.3) is 0 Å². The molecule has 88 valence electrons. The molecule has 0 fully saturated rings. The zero-order valence-corrected chi connectivity index (χ0v) is 9.50. The summed E-state index contributed by atoms with van der Waals surface area (Å²) >= 11 is 0. The minimum atomic E-state index is -1.03. The average molecular weight is 231 g/mol. The molecule has 0 aliphatic carbocycles. The fourth-order valence-electron chi connectivity index (χ4n) is 1.73. The molecule has 2 rings (SSSR count). The second-order valence-electron chi connectivity index (χ2n) is 3.69. The number of carboxylic acid groups (broad SMARTS) is 1. The molecule has 5 heteroatoms. The van der Waals surface area contributed by atoms with Crippen molar-refractivity contribution in [2.45, 2.75) is 19.9 Å². The number of nitrogens with zero attached hydrogens (tertiary/aromatic N) is 3. The fraction of sp³-hybridized carbons (Fsp3) is 0.250. The zero-order valence-electron chi connectivity index (χ0n) is 9.50. The summed E-state index contributed by atoms with van der Waals surface area (Å²) in [5.41, 5.74) is 1.77. The highest BCUT2D eigenvalue weighted by Gasteiger charge is 2.17. The second kappa shape index (κ2) is 4.78. The molecule has 17 heavy (non-hydrogen) atoms. The lowest BCUT2D eigenvalue weighted by Gasteiger charge is -2.04. The highest BCUT2D eigenvalue weighted by molar-refractivity contribution is 5.86. The van der Waals surface area contributed by atoms with E-state index < -0.39 is 5.97 Å². The summed E-state index contributed by atoms with van der Waals surface area (Å²) in [6, 6.07) is 9.77. The molecular formula is C12H13N3O2. The second-order valence-corrected chi connectivity index (χ2v) is 3.69. The summed E-state index contributed by atoms with van der Waals surface area (Å²) in [5, 5.41) is 16.5. The maximum absolute atomic E-state index is 10.9. The standard InChI is InChI=1S/C12H13N3O2/c1-2-10-11(12(16)17)13-14-15(10)8-9-6-4-3-5-7-9/h3-7H,2,8H2,1H3,(H,16,17). The summed E-state index contributed by atoms with van der Waals surface area (Å²) in [4.78, 5) is 10.9. The van der Waals surface area contributed by atoms with Crippen molar-refractivity contribution in [3.05, 3.63) is 47.3 Å². The Labute approximate surface area is 98.7 Å². The Morgan fingerprint density at radius 2 is 2.06 bits per heavy atom. The molecule has 2 aromatic rings. The molecule has 1 N–H and O–H groups in total. The highest BCUT2D eigenvalue weighted by atomic mass is 16.4. The fourth-order valence-corrected chi connectivity index (χ4v) is 1.73. The molecule has 0 atom stereocenters. The van der Waals surface area contributed by atoms with E-state index in [0.29, 0.717) is 18.7 Å². The number of carbonyl (C=O) groups is 1. The number of aromatic carboxylic acids is 1. The first-order chi connectivity index (χ1) is 8.22. The largest absolute Gasteiger partial charge is 0.476 e. The lowest BCUT2D eigenvalue weighted by atomic mass is 10.2. The van der Waals surface area contributed by atoms with Gasteiger partial charge in [0.1, 0.15) is 0 Å². The summed E-state index contributed by atoms with van der Waals surface area (Å²) in [6.07, 6.45) is 0.599. The predicted octanol–water partition coefficient (Wildman–Crippen LogP) is 1.59. The maximum Gasteiger partial charge on any atom is 0.358 e. The molecule has 1 aromatic heterocycles. The van der Waals surface area contributed by atoms with E-state index in [1.54, 1.807) is 4.68 Å². The molecule has 1 heterocycles. The highest BCUT2D eigenvalue weighted by Crippen LogP contribution is 2.09. The SMILES string of the molecule is CCc1c(C(=O)O)nnn1Cc1ccccc1. The van der Waals surface area contributed by atoms with Gasteiger partial charge in [-0.05, 0) is 12.0 Å². The van der Waals surface area contributed by atoms with Gasteiger partial charge in [-0.15, -0.1) is 5.10 Å². The quantitative estimate of drug-likeness (QED) is 0.867. The van der Waals surface area contributed by atoms with Crippen LogP contribution >= 0.6 is 0 Å². The molecular weight excluding hydrogens is 218 g/mol. The van der Waals surface area contributed by atoms with Crippen LogP contribution in [0.15, 0.2) is 30.3 Å². The van der Waals surface area contributed by atoms with Crippen LogP contribution in [0.3, 0.4) is 0 Å². The molecule has 0 aliphatic rings. The number of hydrogen-bond donors (Lipinski definition) is 1. The van der Waals surface area contributed by atoms with Gasteiger partial charge in [0.05, 0.1) is 12.2 Å². The van der Waals surface area contributed by atoms with E-state index in [1.165, 1.54) is 0 Å². The number of rotatable bonds is 4. The van der Waals surface area contributed by atoms with Crippen molar-refractivity contribution >= 4 is 5.97 Å². The molecule has 0 saturated heterocycles. The summed E-state index contributed by atoms with van der Waals surface area (Å²) in [5.74, 6) is -1.03. The van der Waals surface area contributed by atoms with Crippen LogP contribution in [-0.4, -0.2) is 26.1 Å². The zero-order chi connectivity index (χ0) is 12.3. The first kappa shape index (κ1) is 11.3. The monoisotopic (exact) mass is 231 g/mol. The number of hydrogen-bond acceptors (Lipinski definition) is 3. The third kappa shape index (κ3) is 2.33.